The van der Waals surface area contributed by atoms with Gasteiger partial charge in [-0.25, -0.2) is 0 Å². The van der Waals surface area contributed by atoms with Crippen molar-refractivity contribution in [2.24, 2.45) is 0 Å². The standard InChI is InChI=1S/C18H28N2O3/c1-2-17-15-19(10-12-23-13-11-21)9-8-18(22)20(17)14-16-6-4-3-5-7-16/h3-7,17,21H,2,8-15H2,1H3/t17-/m1/s1. The molecule has 1 aromatic rings. The molecule has 0 aromatic heterocycles. The van der Waals surface area contributed by atoms with Crippen LogP contribution in [0.25, 0.3) is 0 Å². The molecule has 0 bridgehead atoms. The number of hydrogen-bond acceptors (Lipinski definition) is 4. The minimum atomic E-state index is 0.0565. The zero-order valence-electron chi connectivity index (χ0n) is 14.0. The monoisotopic (exact) mass is 320 g/mol. The molecule has 1 heterocycles. The number of aliphatic hydroxyl groups is 1. The molecule has 0 aliphatic carbocycles. The van der Waals surface area contributed by atoms with Crippen molar-refractivity contribution in [3.05, 3.63) is 35.9 Å². The topological polar surface area (TPSA) is 53.0 Å². The maximum atomic E-state index is 12.5. The third kappa shape index (κ3) is 5.61. The SMILES string of the molecule is CC[C@@H]1CN(CCOCCO)CCC(=O)N1Cc1ccccc1. The zero-order chi connectivity index (χ0) is 16.5. The Bertz CT molecular complexity index is 467. The van der Waals surface area contributed by atoms with Crippen molar-refractivity contribution < 1.29 is 14.6 Å². The highest BCUT2D eigenvalue weighted by Crippen LogP contribution is 2.17. The van der Waals surface area contributed by atoms with E-state index >= 15 is 0 Å². The Morgan fingerprint density at radius 3 is 2.74 bits per heavy atom. The highest BCUT2D eigenvalue weighted by molar-refractivity contribution is 5.77. The molecule has 1 aliphatic rings. The second-order valence-corrected chi connectivity index (χ2v) is 5.96. The predicted octanol–water partition coefficient (Wildman–Crippen LogP) is 1.51. The Morgan fingerprint density at radius 1 is 1.26 bits per heavy atom. The first-order chi connectivity index (χ1) is 11.2. The maximum absolute atomic E-state index is 12.5. The Balaban J connectivity index is 1.95. The lowest BCUT2D eigenvalue weighted by Gasteiger charge is -2.31. The van der Waals surface area contributed by atoms with E-state index in [1.54, 1.807) is 0 Å². The molecule has 1 fully saturated rings. The molecule has 1 aliphatic heterocycles. The third-order valence-electron chi connectivity index (χ3n) is 4.33. The number of hydrogen-bond donors (Lipinski definition) is 1. The number of amides is 1. The summed E-state index contributed by atoms with van der Waals surface area (Å²) in [5, 5.41) is 8.75. The number of aliphatic hydroxyl groups excluding tert-OH is 1. The van der Waals surface area contributed by atoms with E-state index in [0.29, 0.717) is 26.2 Å². The fraction of sp³-hybridized carbons (Fsp3) is 0.611. The largest absolute Gasteiger partial charge is 0.394 e. The molecule has 23 heavy (non-hydrogen) atoms. The number of rotatable bonds is 8. The summed E-state index contributed by atoms with van der Waals surface area (Å²) in [5.74, 6) is 0.236. The van der Waals surface area contributed by atoms with Gasteiger partial charge in [0.05, 0.1) is 19.8 Å². The minimum Gasteiger partial charge on any atom is -0.394 e. The van der Waals surface area contributed by atoms with Crippen molar-refractivity contribution in [3.63, 3.8) is 0 Å². The fourth-order valence-corrected chi connectivity index (χ4v) is 3.00. The Morgan fingerprint density at radius 2 is 2.04 bits per heavy atom. The normalized spacial score (nSPS) is 19.8. The van der Waals surface area contributed by atoms with Crippen LogP contribution in [-0.4, -0.2) is 66.3 Å². The van der Waals surface area contributed by atoms with E-state index in [1.165, 1.54) is 5.56 Å². The van der Waals surface area contributed by atoms with Crippen LogP contribution in [0.5, 0.6) is 0 Å². The lowest BCUT2D eigenvalue weighted by Crippen LogP contribution is -2.43. The van der Waals surface area contributed by atoms with Crippen molar-refractivity contribution in [1.82, 2.24) is 9.80 Å². The Hall–Kier alpha value is -1.43. The van der Waals surface area contributed by atoms with Gasteiger partial charge in [0.1, 0.15) is 0 Å². The molecule has 1 atom stereocenters. The maximum Gasteiger partial charge on any atom is 0.224 e. The third-order valence-corrected chi connectivity index (χ3v) is 4.33. The molecule has 0 saturated carbocycles. The predicted molar refractivity (Wildman–Crippen MR) is 90.0 cm³/mol. The van der Waals surface area contributed by atoms with Crippen molar-refractivity contribution in [3.8, 4) is 0 Å². The molecule has 128 valence electrons. The molecular weight excluding hydrogens is 292 g/mol. The first-order valence-corrected chi connectivity index (χ1v) is 8.49. The van der Waals surface area contributed by atoms with Crippen LogP contribution in [0.2, 0.25) is 0 Å². The molecule has 1 amide bonds. The minimum absolute atomic E-state index is 0.0565. The van der Waals surface area contributed by atoms with Crippen LogP contribution < -0.4 is 0 Å². The van der Waals surface area contributed by atoms with Crippen LogP contribution in [0.15, 0.2) is 30.3 Å². The highest BCUT2D eigenvalue weighted by atomic mass is 16.5. The molecule has 1 N–H and O–H groups in total. The van der Waals surface area contributed by atoms with Crippen LogP contribution in [0, 0.1) is 0 Å². The van der Waals surface area contributed by atoms with Crippen molar-refractivity contribution >= 4 is 5.91 Å². The highest BCUT2D eigenvalue weighted by Gasteiger charge is 2.28. The van der Waals surface area contributed by atoms with E-state index in [2.05, 4.69) is 24.0 Å². The number of benzene rings is 1. The molecule has 5 heteroatoms. The average Bonchev–Trinajstić information content (AvgIpc) is 2.73. The number of carbonyl (C=O) groups is 1. The van der Waals surface area contributed by atoms with Crippen molar-refractivity contribution in [2.45, 2.75) is 32.4 Å². The van der Waals surface area contributed by atoms with E-state index in [0.717, 1.165) is 26.1 Å². The van der Waals surface area contributed by atoms with Crippen molar-refractivity contribution in [2.75, 3.05) is 39.5 Å². The molecule has 1 aromatic carbocycles. The second-order valence-electron chi connectivity index (χ2n) is 5.96. The van der Waals surface area contributed by atoms with Gasteiger partial charge in [0.2, 0.25) is 5.91 Å². The molecule has 0 radical (unpaired) electrons. The van der Waals surface area contributed by atoms with Crippen LogP contribution in [0.3, 0.4) is 0 Å². The summed E-state index contributed by atoms with van der Waals surface area (Å²) in [6.07, 6.45) is 1.51. The summed E-state index contributed by atoms with van der Waals surface area (Å²) >= 11 is 0. The first-order valence-electron chi connectivity index (χ1n) is 8.49. The molecule has 0 spiro atoms. The van der Waals surface area contributed by atoms with Crippen LogP contribution in [-0.2, 0) is 16.1 Å². The van der Waals surface area contributed by atoms with E-state index in [-0.39, 0.29) is 18.6 Å². The van der Waals surface area contributed by atoms with Gasteiger partial charge in [-0.15, -0.1) is 0 Å². The van der Waals surface area contributed by atoms with Gasteiger partial charge >= 0.3 is 0 Å². The smallest absolute Gasteiger partial charge is 0.224 e. The van der Waals surface area contributed by atoms with Crippen LogP contribution in [0.4, 0.5) is 0 Å². The van der Waals surface area contributed by atoms with Gasteiger partial charge in [0, 0.05) is 38.6 Å². The fourth-order valence-electron chi connectivity index (χ4n) is 3.00. The van der Waals surface area contributed by atoms with Gasteiger partial charge in [-0.2, -0.15) is 0 Å². The van der Waals surface area contributed by atoms with Gasteiger partial charge in [0.25, 0.3) is 0 Å². The van der Waals surface area contributed by atoms with Gasteiger partial charge in [-0.1, -0.05) is 37.3 Å². The second kappa shape index (κ2) is 9.65. The summed E-state index contributed by atoms with van der Waals surface area (Å²) in [4.78, 5) is 16.9. The number of ether oxygens (including phenoxy) is 1. The summed E-state index contributed by atoms with van der Waals surface area (Å²) in [7, 11) is 0. The van der Waals surface area contributed by atoms with E-state index in [9.17, 15) is 4.79 Å². The lowest BCUT2D eigenvalue weighted by atomic mass is 10.1. The summed E-state index contributed by atoms with van der Waals surface area (Å²) in [6, 6.07) is 10.4. The first kappa shape index (κ1) is 17.9. The molecule has 1 saturated heterocycles. The number of nitrogens with zero attached hydrogens (tertiary/aromatic N) is 2. The molecule has 5 nitrogen and oxygen atoms in total. The van der Waals surface area contributed by atoms with Crippen LogP contribution in [0.1, 0.15) is 25.3 Å². The average molecular weight is 320 g/mol. The lowest BCUT2D eigenvalue weighted by molar-refractivity contribution is -0.133. The summed E-state index contributed by atoms with van der Waals surface area (Å²) < 4.78 is 5.35. The van der Waals surface area contributed by atoms with Gasteiger partial charge in [-0.3, -0.25) is 9.69 Å². The zero-order valence-corrected chi connectivity index (χ0v) is 14.0. The van der Waals surface area contributed by atoms with Gasteiger partial charge in [-0.05, 0) is 12.0 Å². The van der Waals surface area contributed by atoms with Crippen LogP contribution >= 0.6 is 0 Å². The number of carbonyl (C=O) groups excluding carboxylic acids is 1. The summed E-state index contributed by atoms with van der Waals surface area (Å²) in [5.41, 5.74) is 1.18. The van der Waals surface area contributed by atoms with Crippen molar-refractivity contribution in [1.29, 1.82) is 0 Å². The Kier molecular flexibility index (Phi) is 7.52. The van der Waals surface area contributed by atoms with E-state index < -0.39 is 0 Å². The summed E-state index contributed by atoms with van der Waals surface area (Å²) in [6.45, 7) is 6.34. The van der Waals surface area contributed by atoms with E-state index in [4.69, 9.17) is 9.84 Å². The molecule has 0 unspecified atom stereocenters. The van der Waals surface area contributed by atoms with Gasteiger partial charge < -0.3 is 14.7 Å². The molecular formula is C18H28N2O3. The molecule has 2 rings (SSSR count). The Labute approximate surface area is 138 Å². The van der Waals surface area contributed by atoms with Gasteiger partial charge in [0.15, 0.2) is 0 Å². The van der Waals surface area contributed by atoms with E-state index in [1.807, 2.05) is 23.1 Å². The quantitative estimate of drug-likeness (QED) is 0.738.